The average molecular weight is 263 g/mol. The van der Waals surface area contributed by atoms with Crippen molar-refractivity contribution in [1.82, 2.24) is 4.90 Å². The molecule has 1 fully saturated rings. The van der Waals surface area contributed by atoms with Crippen LogP contribution < -0.4 is 10.5 Å². The van der Waals surface area contributed by atoms with Crippen molar-refractivity contribution in [2.45, 2.75) is 31.8 Å². The number of hydrogen-bond acceptors (Lipinski definition) is 4. The highest BCUT2D eigenvalue weighted by Gasteiger charge is 2.22. The van der Waals surface area contributed by atoms with Gasteiger partial charge in [-0.1, -0.05) is 17.6 Å². The van der Waals surface area contributed by atoms with E-state index in [1.165, 1.54) is 24.8 Å². The van der Waals surface area contributed by atoms with Crippen molar-refractivity contribution < 1.29 is 9.94 Å². The van der Waals surface area contributed by atoms with E-state index in [1.807, 2.05) is 18.2 Å². The zero-order valence-corrected chi connectivity index (χ0v) is 11.5. The summed E-state index contributed by atoms with van der Waals surface area (Å²) in [5.74, 6) is 0.700. The maximum Gasteiger partial charge on any atom is 0.173 e. The van der Waals surface area contributed by atoms with Crippen LogP contribution in [-0.4, -0.2) is 36.1 Å². The van der Waals surface area contributed by atoms with Crippen LogP contribution in [0, 0.1) is 0 Å². The summed E-state index contributed by atoms with van der Waals surface area (Å²) in [6.07, 6.45) is 3.91. The number of hydrogen-bond donors (Lipinski definition) is 2. The van der Waals surface area contributed by atoms with Gasteiger partial charge in [-0.05, 0) is 37.6 Å². The van der Waals surface area contributed by atoms with Crippen LogP contribution in [0.15, 0.2) is 23.4 Å². The second-order valence-corrected chi connectivity index (χ2v) is 5.02. The molecule has 1 aromatic rings. The standard InChI is InChI=1S/C14H21N3O2/c1-17(11-4-3-5-11)9-10-6-7-12(14(15)16-18)13(8-10)19-2/h6-8,11,18H,3-5,9H2,1-2H3,(H2,15,16). The van der Waals surface area contributed by atoms with Crippen molar-refractivity contribution >= 4 is 5.84 Å². The lowest BCUT2D eigenvalue weighted by Crippen LogP contribution is -2.36. The van der Waals surface area contributed by atoms with Crippen molar-refractivity contribution in [3.8, 4) is 5.75 Å². The maximum absolute atomic E-state index is 8.73. The minimum atomic E-state index is 0.0655. The van der Waals surface area contributed by atoms with E-state index in [2.05, 4.69) is 17.1 Å². The normalized spacial score (nSPS) is 16.5. The Morgan fingerprint density at radius 3 is 2.79 bits per heavy atom. The van der Waals surface area contributed by atoms with Gasteiger partial charge < -0.3 is 15.7 Å². The minimum absolute atomic E-state index is 0.0655. The van der Waals surface area contributed by atoms with Gasteiger partial charge in [0, 0.05) is 12.6 Å². The van der Waals surface area contributed by atoms with E-state index in [9.17, 15) is 0 Å². The fourth-order valence-corrected chi connectivity index (χ4v) is 2.34. The molecular formula is C14H21N3O2. The van der Waals surface area contributed by atoms with Gasteiger partial charge in [0.1, 0.15) is 5.75 Å². The summed E-state index contributed by atoms with van der Waals surface area (Å²) in [7, 11) is 3.73. The molecule has 1 aliphatic carbocycles. The van der Waals surface area contributed by atoms with E-state index in [4.69, 9.17) is 15.7 Å². The van der Waals surface area contributed by atoms with E-state index in [0.29, 0.717) is 17.4 Å². The molecule has 3 N–H and O–H groups in total. The highest BCUT2D eigenvalue weighted by atomic mass is 16.5. The van der Waals surface area contributed by atoms with Crippen LogP contribution in [0.5, 0.6) is 5.75 Å². The number of nitrogens with zero attached hydrogens (tertiary/aromatic N) is 2. The quantitative estimate of drug-likeness (QED) is 0.367. The van der Waals surface area contributed by atoms with Crippen LogP contribution in [0.3, 0.4) is 0 Å². The van der Waals surface area contributed by atoms with Crippen LogP contribution in [0.4, 0.5) is 0 Å². The van der Waals surface area contributed by atoms with E-state index >= 15 is 0 Å². The van der Waals surface area contributed by atoms with Gasteiger partial charge in [0.15, 0.2) is 5.84 Å². The minimum Gasteiger partial charge on any atom is -0.496 e. The first-order valence-electron chi connectivity index (χ1n) is 6.50. The largest absolute Gasteiger partial charge is 0.496 e. The molecule has 1 aromatic carbocycles. The molecule has 0 saturated heterocycles. The second-order valence-electron chi connectivity index (χ2n) is 5.02. The first-order valence-corrected chi connectivity index (χ1v) is 6.50. The number of benzene rings is 1. The molecule has 0 bridgehead atoms. The Morgan fingerprint density at radius 1 is 1.53 bits per heavy atom. The summed E-state index contributed by atoms with van der Waals surface area (Å²) in [5.41, 5.74) is 7.39. The number of oxime groups is 1. The molecule has 5 heteroatoms. The molecule has 19 heavy (non-hydrogen) atoms. The van der Waals surface area contributed by atoms with E-state index in [1.54, 1.807) is 7.11 Å². The first kappa shape index (κ1) is 13.7. The Balaban J connectivity index is 2.14. The molecule has 1 saturated carbocycles. The van der Waals surface area contributed by atoms with E-state index in [-0.39, 0.29) is 5.84 Å². The van der Waals surface area contributed by atoms with Gasteiger partial charge in [0.05, 0.1) is 12.7 Å². The van der Waals surface area contributed by atoms with E-state index in [0.717, 1.165) is 6.54 Å². The lowest BCUT2D eigenvalue weighted by atomic mass is 9.91. The number of methoxy groups -OCH3 is 1. The first-order chi connectivity index (χ1) is 9.15. The fourth-order valence-electron chi connectivity index (χ4n) is 2.34. The Morgan fingerprint density at radius 2 is 2.26 bits per heavy atom. The molecule has 1 aliphatic rings. The van der Waals surface area contributed by atoms with Gasteiger partial charge in [-0.15, -0.1) is 0 Å². The van der Waals surface area contributed by atoms with Crippen molar-refractivity contribution in [2.75, 3.05) is 14.2 Å². The third-order valence-electron chi connectivity index (χ3n) is 3.78. The van der Waals surface area contributed by atoms with Crippen molar-refractivity contribution in [2.24, 2.45) is 10.9 Å². The molecule has 104 valence electrons. The summed E-state index contributed by atoms with van der Waals surface area (Å²) in [6, 6.07) is 6.47. The summed E-state index contributed by atoms with van der Waals surface area (Å²) in [5, 5.41) is 11.7. The van der Waals surface area contributed by atoms with Gasteiger partial charge in [0.2, 0.25) is 0 Å². The van der Waals surface area contributed by atoms with Crippen molar-refractivity contribution in [3.05, 3.63) is 29.3 Å². The predicted molar refractivity (Wildman–Crippen MR) is 74.6 cm³/mol. The smallest absolute Gasteiger partial charge is 0.173 e. The van der Waals surface area contributed by atoms with Crippen molar-refractivity contribution in [1.29, 1.82) is 0 Å². The zero-order valence-electron chi connectivity index (χ0n) is 11.5. The summed E-state index contributed by atoms with van der Waals surface area (Å²) in [4.78, 5) is 2.36. The molecule has 5 nitrogen and oxygen atoms in total. The molecule has 0 heterocycles. The molecule has 0 aromatic heterocycles. The lowest BCUT2D eigenvalue weighted by molar-refractivity contribution is 0.152. The fraction of sp³-hybridized carbons (Fsp3) is 0.500. The highest BCUT2D eigenvalue weighted by Crippen LogP contribution is 2.26. The SMILES string of the molecule is COc1cc(CN(C)C2CCC2)ccc1/C(N)=N/O. The Labute approximate surface area is 113 Å². The van der Waals surface area contributed by atoms with Crippen LogP contribution in [0.1, 0.15) is 30.4 Å². The average Bonchev–Trinajstić information content (AvgIpc) is 2.35. The number of rotatable bonds is 5. The molecule has 0 aliphatic heterocycles. The number of nitrogens with two attached hydrogens (primary N) is 1. The Bertz CT molecular complexity index is 470. The molecule has 0 amide bonds. The Kier molecular flexibility index (Phi) is 4.27. The van der Waals surface area contributed by atoms with Crippen LogP contribution in [0.25, 0.3) is 0 Å². The molecule has 0 unspecified atom stereocenters. The second kappa shape index (κ2) is 5.93. The zero-order chi connectivity index (χ0) is 13.8. The van der Waals surface area contributed by atoms with Crippen molar-refractivity contribution in [3.63, 3.8) is 0 Å². The molecular weight excluding hydrogens is 242 g/mol. The van der Waals surface area contributed by atoms with Gasteiger partial charge in [0.25, 0.3) is 0 Å². The third-order valence-corrected chi connectivity index (χ3v) is 3.78. The maximum atomic E-state index is 8.73. The summed E-state index contributed by atoms with van der Waals surface area (Å²) in [6.45, 7) is 0.886. The highest BCUT2D eigenvalue weighted by molar-refractivity contribution is 5.99. The number of amidine groups is 1. The van der Waals surface area contributed by atoms with Gasteiger partial charge >= 0.3 is 0 Å². The van der Waals surface area contributed by atoms with Crippen LogP contribution >= 0.6 is 0 Å². The topological polar surface area (TPSA) is 71.1 Å². The molecule has 0 spiro atoms. The lowest BCUT2D eigenvalue weighted by Gasteiger charge is -2.34. The number of ether oxygens (including phenoxy) is 1. The third kappa shape index (κ3) is 2.98. The van der Waals surface area contributed by atoms with Gasteiger partial charge in [-0.3, -0.25) is 4.90 Å². The Hall–Kier alpha value is -1.75. The van der Waals surface area contributed by atoms with Gasteiger partial charge in [-0.2, -0.15) is 0 Å². The molecule has 0 radical (unpaired) electrons. The summed E-state index contributed by atoms with van der Waals surface area (Å²) < 4.78 is 5.30. The molecule has 2 rings (SSSR count). The van der Waals surface area contributed by atoms with E-state index < -0.39 is 0 Å². The van der Waals surface area contributed by atoms with Gasteiger partial charge in [-0.25, -0.2) is 0 Å². The van der Waals surface area contributed by atoms with Crippen LogP contribution in [-0.2, 0) is 6.54 Å². The monoisotopic (exact) mass is 263 g/mol. The van der Waals surface area contributed by atoms with Crippen LogP contribution in [0.2, 0.25) is 0 Å². The summed E-state index contributed by atoms with van der Waals surface area (Å²) >= 11 is 0. The molecule has 0 atom stereocenters. The predicted octanol–water partition coefficient (Wildman–Crippen LogP) is 1.77.